The molecular weight excluding hydrogens is 390 g/mol. The lowest BCUT2D eigenvalue weighted by atomic mass is 10.0. The molecule has 0 saturated carbocycles. The number of benzene rings is 1. The normalized spacial score (nSPS) is 14.4. The first-order chi connectivity index (χ1) is 13.7. The van der Waals surface area contributed by atoms with Gasteiger partial charge in [0.05, 0.1) is 18.1 Å². The monoisotopic (exact) mass is 421 g/mol. The van der Waals surface area contributed by atoms with E-state index < -0.39 is 15.4 Å². The summed E-state index contributed by atoms with van der Waals surface area (Å²) in [6.07, 6.45) is 0.466. The number of sulfone groups is 1. The molecule has 0 spiro atoms. The Morgan fingerprint density at radius 3 is 2.52 bits per heavy atom. The summed E-state index contributed by atoms with van der Waals surface area (Å²) in [5.74, 6) is 1.86. The highest BCUT2D eigenvalue weighted by Crippen LogP contribution is 2.23. The smallest absolute Gasteiger partial charge is 0.191 e. The molecule has 7 nitrogen and oxygen atoms in total. The van der Waals surface area contributed by atoms with Gasteiger partial charge in [-0.3, -0.25) is 0 Å². The lowest BCUT2D eigenvalue weighted by molar-refractivity contribution is 0.0428. The van der Waals surface area contributed by atoms with E-state index in [0.717, 1.165) is 11.3 Å². The lowest BCUT2D eigenvalue weighted by Crippen LogP contribution is -2.39. The van der Waals surface area contributed by atoms with Gasteiger partial charge < -0.3 is 20.2 Å². The number of aliphatic imine (C=N–C) groups is 1. The number of furan rings is 1. The topological polar surface area (TPSA) is 104 Å². The van der Waals surface area contributed by atoms with Crippen molar-refractivity contribution in [2.75, 3.05) is 25.4 Å². The molecule has 1 heterocycles. The fraction of sp³-hybridized carbons (Fsp3) is 0.476. The van der Waals surface area contributed by atoms with Crippen molar-refractivity contribution in [3.05, 3.63) is 59.5 Å². The lowest BCUT2D eigenvalue weighted by Gasteiger charge is -2.19. The van der Waals surface area contributed by atoms with E-state index in [1.807, 2.05) is 44.2 Å². The predicted octanol–water partition coefficient (Wildman–Crippen LogP) is 2.36. The van der Waals surface area contributed by atoms with Crippen LogP contribution in [0.1, 0.15) is 37.4 Å². The van der Waals surface area contributed by atoms with Gasteiger partial charge in [-0.1, -0.05) is 30.3 Å². The molecule has 0 fully saturated rings. The standard InChI is InChI=1S/C21H31N3O4S/c1-4-22-20(24-16-21(3,25)19-12-11-17(2)28-19)23-13-8-14-29(26,27)15-18-9-6-5-7-10-18/h5-7,9-12,25H,4,8,13-16H2,1-3H3,(H2,22,23,24). The Kier molecular flexibility index (Phi) is 8.28. The molecule has 0 amide bonds. The van der Waals surface area contributed by atoms with Gasteiger partial charge in [-0.25, -0.2) is 13.4 Å². The van der Waals surface area contributed by atoms with Crippen LogP contribution in [0, 0.1) is 6.92 Å². The number of nitrogens with one attached hydrogen (secondary N) is 2. The summed E-state index contributed by atoms with van der Waals surface area (Å²) in [4.78, 5) is 4.41. The Hall–Kier alpha value is -2.32. The third kappa shape index (κ3) is 7.91. The molecule has 29 heavy (non-hydrogen) atoms. The van der Waals surface area contributed by atoms with Crippen molar-refractivity contribution in [1.82, 2.24) is 10.6 Å². The number of guanidine groups is 1. The second kappa shape index (κ2) is 10.5. The van der Waals surface area contributed by atoms with Crippen LogP contribution in [0.3, 0.4) is 0 Å². The van der Waals surface area contributed by atoms with Crippen LogP contribution in [0.5, 0.6) is 0 Å². The van der Waals surface area contributed by atoms with Crippen molar-refractivity contribution in [1.29, 1.82) is 0 Å². The van der Waals surface area contributed by atoms with Gasteiger partial charge in [0.1, 0.15) is 17.1 Å². The van der Waals surface area contributed by atoms with Crippen LogP contribution in [-0.4, -0.2) is 44.9 Å². The van der Waals surface area contributed by atoms with E-state index >= 15 is 0 Å². The first kappa shape index (κ1) is 23.0. The van der Waals surface area contributed by atoms with Crippen molar-refractivity contribution < 1.29 is 17.9 Å². The zero-order valence-electron chi connectivity index (χ0n) is 17.3. The predicted molar refractivity (Wildman–Crippen MR) is 116 cm³/mol. The molecule has 2 rings (SSSR count). The SMILES string of the molecule is CCNC(=NCC(C)(O)c1ccc(C)o1)NCCCS(=O)(=O)Cc1ccccc1. The van der Waals surface area contributed by atoms with E-state index in [4.69, 9.17) is 4.42 Å². The van der Waals surface area contributed by atoms with E-state index in [1.54, 1.807) is 19.1 Å². The molecule has 0 saturated heterocycles. The van der Waals surface area contributed by atoms with Crippen LogP contribution in [0.15, 0.2) is 51.9 Å². The van der Waals surface area contributed by atoms with Crippen LogP contribution in [0.25, 0.3) is 0 Å². The summed E-state index contributed by atoms with van der Waals surface area (Å²) >= 11 is 0. The maximum absolute atomic E-state index is 12.3. The molecule has 3 N–H and O–H groups in total. The number of hydrogen-bond acceptors (Lipinski definition) is 5. The second-order valence-corrected chi connectivity index (χ2v) is 9.42. The highest BCUT2D eigenvalue weighted by molar-refractivity contribution is 7.90. The minimum Gasteiger partial charge on any atom is -0.463 e. The van der Waals surface area contributed by atoms with E-state index in [0.29, 0.717) is 31.2 Å². The van der Waals surface area contributed by atoms with Gasteiger partial charge in [-0.15, -0.1) is 0 Å². The Morgan fingerprint density at radius 2 is 1.90 bits per heavy atom. The first-order valence-electron chi connectivity index (χ1n) is 9.78. The number of rotatable bonds is 10. The number of nitrogens with zero attached hydrogens (tertiary/aromatic N) is 1. The number of aliphatic hydroxyl groups is 1. The van der Waals surface area contributed by atoms with E-state index in [9.17, 15) is 13.5 Å². The molecule has 0 bridgehead atoms. The molecule has 160 valence electrons. The van der Waals surface area contributed by atoms with Crippen LogP contribution >= 0.6 is 0 Å². The van der Waals surface area contributed by atoms with Crippen LogP contribution in [0.2, 0.25) is 0 Å². The summed E-state index contributed by atoms with van der Waals surface area (Å²) < 4.78 is 30.0. The molecule has 0 aliphatic heterocycles. The molecule has 1 unspecified atom stereocenters. The van der Waals surface area contributed by atoms with Crippen molar-refractivity contribution in [2.45, 2.75) is 38.5 Å². The quantitative estimate of drug-likeness (QED) is 0.309. The van der Waals surface area contributed by atoms with Crippen LogP contribution in [-0.2, 0) is 21.2 Å². The minimum absolute atomic E-state index is 0.0490. The Labute approximate surface area is 173 Å². The van der Waals surface area contributed by atoms with Crippen molar-refractivity contribution >= 4 is 15.8 Å². The van der Waals surface area contributed by atoms with Crippen molar-refractivity contribution in [2.24, 2.45) is 4.99 Å². The van der Waals surface area contributed by atoms with Gasteiger partial charge in [0, 0.05) is 13.1 Å². The zero-order valence-corrected chi connectivity index (χ0v) is 18.1. The van der Waals surface area contributed by atoms with Crippen LogP contribution < -0.4 is 10.6 Å². The largest absolute Gasteiger partial charge is 0.463 e. The Balaban J connectivity index is 1.84. The van der Waals surface area contributed by atoms with Gasteiger partial charge in [-0.05, 0) is 44.9 Å². The first-order valence-corrected chi connectivity index (χ1v) is 11.6. The molecule has 1 aromatic heterocycles. The fourth-order valence-corrected chi connectivity index (χ4v) is 4.20. The fourth-order valence-electron chi connectivity index (χ4n) is 2.78. The van der Waals surface area contributed by atoms with E-state index in [1.165, 1.54) is 0 Å². The van der Waals surface area contributed by atoms with Gasteiger partial charge >= 0.3 is 0 Å². The molecule has 2 aromatic rings. The zero-order chi connectivity index (χ0) is 21.3. The maximum Gasteiger partial charge on any atom is 0.191 e. The third-order valence-corrected chi connectivity index (χ3v) is 6.00. The van der Waals surface area contributed by atoms with Gasteiger partial charge in [0.15, 0.2) is 15.8 Å². The summed E-state index contributed by atoms with van der Waals surface area (Å²) in [6.45, 7) is 6.63. The summed E-state index contributed by atoms with van der Waals surface area (Å²) in [6, 6.07) is 12.7. The second-order valence-electron chi connectivity index (χ2n) is 7.24. The molecular formula is C21H31N3O4S. The Morgan fingerprint density at radius 1 is 1.17 bits per heavy atom. The minimum atomic E-state index is -3.17. The van der Waals surface area contributed by atoms with E-state index in [-0.39, 0.29) is 18.1 Å². The molecule has 1 aromatic carbocycles. The van der Waals surface area contributed by atoms with Crippen LogP contribution in [0.4, 0.5) is 0 Å². The highest BCUT2D eigenvalue weighted by atomic mass is 32.2. The number of hydrogen-bond donors (Lipinski definition) is 3. The molecule has 0 radical (unpaired) electrons. The summed E-state index contributed by atoms with van der Waals surface area (Å²) in [5, 5.41) is 16.8. The molecule has 0 aliphatic rings. The van der Waals surface area contributed by atoms with Gasteiger partial charge in [0.25, 0.3) is 0 Å². The molecule has 0 aliphatic carbocycles. The number of aryl methyl sites for hydroxylation is 1. The average molecular weight is 422 g/mol. The summed E-state index contributed by atoms with van der Waals surface area (Å²) in [7, 11) is -3.17. The van der Waals surface area contributed by atoms with E-state index in [2.05, 4.69) is 15.6 Å². The van der Waals surface area contributed by atoms with Gasteiger partial charge in [0.2, 0.25) is 0 Å². The van der Waals surface area contributed by atoms with Gasteiger partial charge in [-0.2, -0.15) is 0 Å². The maximum atomic E-state index is 12.3. The third-order valence-electron chi connectivity index (χ3n) is 4.31. The molecule has 8 heteroatoms. The van der Waals surface area contributed by atoms with Crippen molar-refractivity contribution in [3.63, 3.8) is 0 Å². The molecule has 1 atom stereocenters. The Bertz CT molecular complexity index is 890. The average Bonchev–Trinajstić information content (AvgIpc) is 3.11. The highest BCUT2D eigenvalue weighted by Gasteiger charge is 2.26. The summed E-state index contributed by atoms with van der Waals surface area (Å²) in [5.41, 5.74) is -0.430. The van der Waals surface area contributed by atoms with Crippen molar-refractivity contribution in [3.8, 4) is 0 Å².